The van der Waals surface area contributed by atoms with Crippen LogP contribution in [0.2, 0.25) is 10.0 Å². The van der Waals surface area contributed by atoms with E-state index in [4.69, 9.17) is 23.2 Å². The van der Waals surface area contributed by atoms with Crippen molar-refractivity contribution in [1.29, 1.82) is 0 Å². The van der Waals surface area contributed by atoms with Crippen LogP contribution in [0.5, 0.6) is 0 Å². The van der Waals surface area contributed by atoms with E-state index in [1.54, 1.807) is 0 Å². The van der Waals surface area contributed by atoms with Crippen molar-refractivity contribution in [3.05, 3.63) is 33.8 Å². The molecule has 3 heterocycles. The quantitative estimate of drug-likeness (QED) is 0.748. The second-order valence-corrected chi connectivity index (χ2v) is 7.71. The van der Waals surface area contributed by atoms with Crippen LogP contribution in [0.3, 0.4) is 0 Å². The average Bonchev–Trinajstić information content (AvgIpc) is 3.23. The number of carbonyl (C=O) groups is 1. The Balaban J connectivity index is 1.54. The molecule has 1 aromatic rings. The number of halogens is 2. The van der Waals surface area contributed by atoms with E-state index in [9.17, 15) is 4.79 Å². The first kappa shape index (κ1) is 16.6. The largest absolute Gasteiger partial charge is 0.334 e. The maximum absolute atomic E-state index is 13.2. The number of fused-ring (bicyclic) bond motifs is 1. The molecule has 4 rings (SSSR count). The van der Waals surface area contributed by atoms with Crippen LogP contribution in [-0.2, 0) is 4.79 Å². The number of amides is 1. The fourth-order valence-corrected chi connectivity index (χ4v) is 4.54. The van der Waals surface area contributed by atoms with E-state index < -0.39 is 0 Å². The number of benzene rings is 1. The van der Waals surface area contributed by atoms with Crippen LogP contribution < -0.4 is 16.2 Å². The zero-order valence-electron chi connectivity index (χ0n) is 13.4. The molecule has 1 amide bonds. The zero-order valence-corrected chi connectivity index (χ0v) is 14.9. The molecule has 130 valence electrons. The summed E-state index contributed by atoms with van der Waals surface area (Å²) in [5.74, 6) is 0.494. The van der Waals surface area contributed by atoms with Crippen LogP contribution in [0, 0.1) is 5.92 Å². The van der Waals surface area contributed by atoms with Gasteiger partial charge in [-0.1, -0.05) is 29.3 Å². The van der Waals surface area contributed by atoms with Gasteiger partial charge in [0.1, 0.15) is 6.04 Å². The van der Waals surface area contributed by atoms with Crippen molar-refractivity contribution in [2.24, 2.45) is 5.92 Å². The molecular weight excluding hydrogens is 347 g/mol. The number of hydrogen-bond acceptors (Lipinski definition) is 4. The lowest BCUT2D eigenvalue weighted by molar-refractivity contribution is -0.135. The Hall–Kier alpha value is -0.850. The fraction of sp³-hybridized carbons (Fsp3) is 0.588. The van der Waals surface area contributed by atoms with Gasteiger partial charge in [0, 0.05) is 25.0 Å². The summed E-state index contributed by atoms with van der Waals surface area (Å²) >= 11 is 12.2. The maximum Gasteiger partial charge on any atom is 0.241 e. The number of likely N-dealkylation sites (tertiary alicyclic amines) is 1. The number of nitrogens with zero attached hydrogens (tertiary/aromatic N) is 1. The Morgan fingerprint density at radius 1 is 1.17 bits per heavy atom. The summed E-state index contributed by atoms with van der Waals surface area (Å²) in [6, 6.07) is 6.00. The molecule has 0 spiro atoms. The Morgan fingerprint density at radius 3 is 2.88 bits per heavy atom. The van der Waals surface area contributed by atoms with Gasteiger partial charge in [0.2, 0.25) is 5.91 Å². The van der Waals surface area contributed by atoms with E-state index in [-0.39, 0.29) is 18.0 Å². The first-order chi connectivity index (χ1) is 11.6. The molecule has 3 aliphatic rings. The van der Waals surface area contributed by atoms with Crippen molar-refractivity contribution in [1.82, 2.24) is 21.1 Å². The monoisotopic (exact) mass is 368 g/mol. The first-order valence-corrected chi connectivity index (χ1v) is 9.38. The van der Waals surface area contributed by atoms with Gasteiger partial charge in [-0.25, -0.2) is 5.43 Å². The number of nitrogens with one attached hydrogen (secondary N) is 3. The second-order valence-electron chi connectivity index (χ2n) is 6.89. The number of hydrazine groups is 1. The van der Waals surface area contributed by atoms with Crippen LogP contribution >= 0.6 is 23.2 Å². The molecule has 5 nitrogen and oxygen atoms in total. The molecule has 0 saturated carbocycles. The molecule has 0 aromatic heterocycles. The summed E-state index contributed by atoms with van der Waals surface area (Å²) in [6.45, 7) is 2.69. The standard InChI is InChI=1S/C17H22Cl2N4O/c18-12-4-3-10(8-13(12)19)15-2-1-7-23(15)17(24)16-11-9-20-6-5-14(11)21-22-16/h3-4,8,11,14-16,20-22H,1-2,5-7,9H2. The molecular formula is C17H22Cl2N4O. The number of hydrogen-bond donors (Lipinski definition) is 3. The summed E-state index contributed by atoms with van der Waals surface area (Å²) in [7, 11) is 0. The van der Waals surface area contributed by atoms with Gasteiger partial charge >= 0.3 is 0 Å². The van der Waals surface area contributed by atoms with E-state index >= 15 is 0 Å². The zero-order chi connectivity index (χ0) is 16.7. The van der Waals surface area contributed by atoms with Gasteiger partial charge in [-0.3, -0.25) is 10.2 Å². The van der Waals surface area contributed by atoms with Crippen molar-refractivity contribution in [2.45, 2.75) is 37.4 Å². The average molecular weight is 369 g/mol. The van der Waals surface area contributed by atoms with Crippen LogP contribution in [-0.4, -0.2) is 42.5 Å². The maximum atomic E-state index is 13.2. The third kappa shape index (κ3) is 2.93. The minimum Gasteiger partial charge on any atom is -0.334 e. The van der Waals surface area contributed by atoms with Crippen LogP contribution in [0.25, 0.3) is 0 Å². The topological polar surface area (TPSA) is 56.4 Å². The molecule has 0 bridgehead atoms. The summed E-state index contributed by atoms with van der Waals surface area (Å²) in [5, 5.41) is 4.50. The molecule has 24 heavy (non-hydrogen) atoms. The molecule has 4 atom stereocenters. The van der Waals surface area contributed by atoms with Crippen molar-refractivity contribution in [3.63, 3.8) is 0 Å². The summed E-state index contributed by atoms with van der Waals surface area (Å²) in [4.78, 5) is 15.2. The van der Waals surface area contributed by atoms with Gasteiger partial charge in [0.05, 0.1) is 16.1 Å². The van der Waals surface area contributed by atoms with Crippen molar-refractivity contribution in [2.75, 3.05) is 19.6 Å². The highest BCUT2D eigenvalue weighted by molar-refractivity contribution is 6.42. The van der Waals surface area contributed by atoms with Gasteiger partial charge in [0.25, 0.3) is 0 Å². The van der Waals surface area contributed by atoms with E-state index in [0.717, 1.165) is 44.5 Å². The predicted octanol–water partition coefficient (Wildman–Crippen LogP) is 2.11. The Bertz CT molecular complexity index is 641. The van der Waals surface area contributed by atoms with Gasteiger partial charge in [-0.15, -0.1) is 0 Å². The molecule has 3 aliphatic heterocycles. The predicted molar refractivity (Wildman–Crippen MR) is 95.0 cm³/mol. The summed E-state index contributed by atoms with van der Waals surface area (Å²) in [6.07, 6.45) is 3.04. The summed E-state index contributed by atoms with van der Waals surface area (Å²) in [5.41, 5.74) is 7.62. The van der Waals surface area contributed by atoms with E-state index in [1.165, 1.54) is 0 Å². The normalized spacial score (nSPS) is 32.8. The Kier molecular flexibility index (Phi) is 4.71. The SMILES string of the molecule is O=C(C1NNC2CCNCC21)N1CCCC1c1ccc(Cl)c(Cl)c1. The van der Waals surface area contributed by atoms with E-state index in [0.29, 0.717) is 22.0 Å². The minimum absolute atomic E-state index is 0.0877. The highest BCUT2D eigenvalue weighted by Gasteiger charge is 2.44. The lowest BCUT2D eigenvalue weighted by Crippen LogP contribution is -2.50. The minimum atomic E-state index is -0.161. The van der Waals surface area contributed by atoms with Gasteiger partial charge in [-0.05, 0) is 43.5 Å². The Labute approximate surface area is 152 Å². The van der Waals surface area contributed by atoms with Crippen LogP contribution in [0.1, 0.15) is 30.9 Å². The molecule has 0 radical (unpaired) electrons. The number of piperidine rings is 1. The second kappa shape index (κ2) is 6.81. The molecule has 3 saturated heterocycles. The van der Waals surface area contributed by atoms with Crippen LogP contribution in [0.4, 0.5) is 0 Å². The third-order valence-electron chi connectivity index (χ3n) is 5.51. The molecule has 4 unspecified atom stereocenters. The van der Waals surface area contributed by atoms with Gasteiger partial charge in [0.15, 0.2) is 0 Å². The Morgan fingerprint density at radius 2 is 2.04 bits per heavy atom. The van der Waals surface area contributed by atoms with E-state index in [1.807, 2.05) is 23.1 Å². The molecule has 3 N–H and O–H groups in total. The third-order valence-corrected chi connectivity index (χ3v) is 6.25. The molecule has 0 aliphatic carbocycles. The number of rotatable bonds is 2. The molecule has 1 aromatic carbocycles. The van der Waals surface area contributed by atoms with E-state index in [2.05, 4.69) is 16.2 Å². The molecule has 3 fully saturated rings. The lowest BCUT2D eigenvalue weighted by atomic mass is 9.88. The van der Waals surface area contributed by atoms with Gasteiger partial charge < -0.3 is 10.2 Å². The van der Waals surface area contributed by atoms with Crippen LogP contribution in [0.15, 0.2) is 18.2 Å². The summed E-state index contributed by atoms with van der Waals surface area (Å²) < 4.78 is 0. The van der Waals surface area contributed by atoms with Crippen molar-refractivity contribution >= 4 is 29.1 Å². The van der Waals surface area contributed by atoms with Crippen molar-refractivity contribution < 1.29 is 4.79 Å². The highest BCUT2D eigenvalue weighted by atomic mass is 35.5. The fourth-order valence-electron chi connectivity index (χ4n) is 4.24. The highest BCUT2D eigenvalue weighted by Crippen LogP contribution is 2.36. The lowest BCUT2D eigenvalue weighted by Gasteiger charge is -2.32. The van der Waals surface area contributed by atoms with Gasteiger partial charge in [-0.2, -0.15) is 0 Å². The smallest absolute Gasteiger partial charge is 0.241 e. The number of carbonyl (C=O) groups excluding carboxylic acids is 1. The molecule has 7 heteroatoms. The first-order valence-electron chi connectivity index (χ1n) is 8.62. The van der Waals surface area contributed by atoms with Crippen molar-refractivity contribution in [3.8, 4) is 0 Å².